The largest absolute Gasteiger partial charge is 0.313 e. The topological polar surface area (TPSA) is 33.2 Å². The lowest BCUT2D eigenvalue weighted by atomic mass is 10.3. The lowest BCUT2D eigenvalue weighted by Crippen LogP contribution is -2.33. The summed E-state index contributed by atoms with van der Waals surface area (Å²) in [5.41, 5.74) is 0.832. The van der Waals surface area contributed by atoms with Gasteiger partial charge < -0.3 is 4.90 Å². The number of hydrogen-bond acceptors (Lipinski definition) is 3. The average molecular weight is 210 g/mol. The normalized spacial score (nSPS) is 12.2. The van der Waals surface area contributed by atoms with Gasteiger partial charge in [-0.3, -0.25) is 9.78 Å². The molecular weight excluding hydrogens is 196 g/mol. The van der Waals surface area contributed by atoms with Gasteiger partial charge in [-0.2, -0.15) is 11.8 Å². The van der Waals surface area contributed by atoms with Crippen LogP contribution in [0.3, 0.4) is 0 Å². The molecule has 1 amide bonds. The number of anilines is 1. The van der Waals surface area contributed by atoms with Gasteiger partial charge in [0.2, 0.25) is 5.91 Å². The zero-order chi connectivity index (χ0) is 10.6. The SMILES string of the molecule is CS[C@@H](C)C(=O)N(C)c1cccnc1. The van der Waals surface area contributed by atoms with Gasteiger partial charge in [0.1, 0.15) is 0 Å². The quantitative estimate of drug-likeness (QED) is 0.762. The number of carbonyl (C=O) groups is 1. The predicted molar refractivity (Wildman–Crippen MR) is 60.6 cm³/mol. The van der Waals surface area contributed by atoms with Crippen LogP contribution in [0.25, 0.3) is 0 Å². The number of nitrogens with zero attached hydrogens (tertiary/aromatic N) is 2. The van der Waals surface area contributed by atoms with Crippen LogP contribution in [0.1, 0.15) is 6.92 Å². The van der Waals surface area contributed by atoms with Gasteiger partial charge in [0.15, 0.2) is 0 Å². The molecule has 0 unspecified atom stereocenters. The van der Waals surface area contributed by atoms with E-state index in [0.717, 1.165) is 5.69 Å². The van der Waals surface area contributed by atoms with Gasteiger partial charge in [0.05, 0.1) is 17.1 Å². The monoisotopic (exact) mass is 210 g/mol. The molecule has 0 saturated carbocycles. The predicted octanol–water partition coefficient (Wildman–Crippen LogP) is 1.80. The molecule has 0 N–H and O–H groups in total. The molecule has 0 radical (unpaired) electrons. The lowest BCUT2D eigenvalue weighted by Gasteiger charge is -2.19. The molecule has 1 atom stereocenters. The van der Waals surface area contributed by atoms with E-state index in [4.69, 9.17) is 0 Å². The summed E-state index contributed by atoms with van der Waals surface area (Å²) >= 11 is 1.54. The summed E-state index contributed by atoms with van der Waals surface area (Å²) in [6.45, 7) is 1.90. The van der Waals surface area contributed by atoms with Crippen LogP contribution in [-0.4, -0.2) is 29.4 Å². The molecule has 1 aromatic rings. The molecule has 0 spiro atoms. The Bertz CT molecular complexity index is 302. The number of pyridine rings is 1. The van der Waals surface area contributed by atoms with Crippen molar-refractivity contribution in [3.05, 3.63) is 24.5 Å². The summed E-state index contributed by atoms with van der Waals surface area (Å²) < 4.78 is 0. The molecule has 1 rings (SSSR count). The van der Waals surface area contributed by atoms with E-state index in [-0.39, 0.29) is 11.2 Å². The van der Waals surface area contributed by atoms with E-state index in [2.05, 4.69) is 4.98 Å². The molecule has 0 aliphatic carbocycles. The zero-order valence-corrected chi connectivity index (χ0v) is 9.41. The third-order valence-electron chi connectivity index (χ3n) is 2.07. The van der Waals surface area contributed by atoms with Crippen molar-refractivity contribution in [1.82, 2.24) is 4.98 Å². The van der Waals surface area contributed by atoms with Crippen LogP contribution in [-0.2, 0) is 4.79 Å². The number of thioether (sulfide) groups is 1. The molecule has 3 nitrogen and oxygen atoms in total. The third kappa shape index (κ3) is 2.48. The van der Waals surface area contributed by atoms with Crippen LogP contribution in [0.2, 0.25) is 0 Å². The summed E-state index contributed by atoms with van der Waals surface area (Å²) in [5, 5.41) is -0.0137. The van der Waals surface area contributed by atoms with Crippen molar-refractivity contribution >= 4 is 23.4 Å². The van der Waals surface area contributed by atoms with E-state index in [1.54, 1.807) is 36.1 Å². The highest BCUT2D eigenvalue weighted by molar-refractivity contribution is 7.99. The van der Waals surface area contributed by atoms with Crippen LogP contribution in [0.4, 0.5) is 5.69 Å². The van der Waals surface area contributed by atoms with Crippen molar-refractivity contribution in [3.8, 4) is 0 Å². The minimum atomic E-state index is -0.0137. The van der Waals surface area contributed by atoms with Gasteiger partial charge in [-0.15, -0.1) is 0 Å². The van der Waals surface area contributed by atoms with E-state index in [9.17, 15) is 4.79 Å². The van der Waals surface area contributed by atoms with Crippen molar-refractivity contribution < 1.29 is 4.79 Å². The first-order chi connectivity index (χ1) is 6.66. The van der Waals surface area contributed by atoms with Crippen molar-refractivity contribution in [2.45, 2.75) is 12.2 Å². The van der Waals surface area contributed by atoms with E-state index < -0.39 is 0 Å². The number of hydrogen-bond donors (Lipinski definition) is 0. The second kappa shape index (κ2) is 5.00. The van der Waals surface area contributed by atoms with Gasteiger partial charge in [0, 0.05) is 13.2 Å². The summed E-state index contributed by atoms with van der Waals surface area (Å²) in [6, 6.07) is 3.70. The van der Waals surface area contributed by atoms with Gasteiger partial charge in [-0.25, -0.2) is 0 Å². The molecule has 0 saturated heterocycles. The van der Waals surface area contributed by atoms with Crippen LogP contribution >= 0.6 is 11.8 Å². The smallest absolute Gasteiger partial charge is 0.239 e. The highest BCUT2D eigenvalue weighted by atomic mass is 32.2. The number of aromatic nitrogens is 1. The van der Waals surface area contributed by atoms with E-state index >= 15 is 0 Å². The molecule has 0 fully saturated rings. The van der Waals surface area contributed by atoms with Crippen molar-refractivity contribution in [2.24, 2.45) is 0 Å². The molecular formula is C10H14N2OS. The van der Waals surface area contributed by atoms with Crippen LogP contribution in [0.15, 0.2) is 24.5 Å². The molecule has 0 aromatic carbocycles. The number of amides is 1. The molecule has 0 aliphatic rings. The van der Waals surface area contributed by atoms with E-state index in [1.807, 2.05) is 25.3 Å². The van der Waals surface area contributed by atoms with Crippen molar-refractivity contribution in [3.63, 3.8) is 0 Å². The Morgan fingerprint density at radius 3 is 2.86 bits per heavy atom. The van der Waals surface area contributed by atoms with Crippen LogP contribution in [0, 0.1) is 0 Å². The average Bonchev–Trinajstić information content (AvgIpc) is 2.27. The fraction of sp³-hybridized carbons (Fsp3) is 0.400. The Morgan fingerprint density at radius 2 is 2.36 bits per heavy atom. The first-order valence-corrected chi connectivity index (χ1v) is 5.66. The Kier molecular flexibility index (Phi) is 3.95. The molecule has 4 heteroatoms. The minimum Gasteiger partial charge on any atom is -0.313 e. The maximum atomic E-state index is 11.8. The third-order valence-corrected chi connectivity index (χ3v) is 2.97. The van der Waals surface area contributed by atoms with Crippen LogP contribution in [0.5, 0.6) is 0 Å². The second-order valence-electron chi connectivity index (χ2n) is 2.99. The van der Waals surface area contributed by atoms with Crippen molar-refractivity contribution in [1.29, 1.82) is 0 Å². The molecule has 14 heavy (non-hydrogen) atoms. The minimum absolute atomic E-state index is 0.0137. The van der Waals surface area contributed by atoms with E-state index in [1.165, 1.54) is 0 Å². The first-order valence-electron chi connectivity index (χ1n) is 4.37. The first kappa shape index (κ1) is 11.0. The van der Waals surface area contributed by atoms with Crippen LogP contribution < -0.4 is 4.90 Å². The summed E-state index contributed by atoms with van der Waals surface area (Å²) in [7, 11) is 1.77. The summed E-state index contributed by atoms with van der Waals surface area (Å²) in [6.07, 6.45) is 5.31. The highest BCUT2D eigenvalue weighted by Crippen LogP contribution is 2.15. The summed E-state index contributed by atoms with van der Waals surface area (Å²) in [5.74, 6) is 0.102. The highest BCUT2D eigenvalue weighted by Gasteiger charge is 2.17. The Hall–Kier alpha value is -1.03. The molecule has 76 valence electrons. The molecule has 0 bridgehead atoms. The molecule has 1 aromatic heterocycles. The van der Waals surface area contributed by atoms with Crippen molar-refractivity contribution in [2.75, 3.05) is 18.2 Å². The maximum absolute atomic E-state index is 11.8. The van der Waals surface area contributed by atoms with Gasteiger partial charge >= 0.3 is 0 Å². The summed E-state index contributed by atoms with van der Waals surface area (Å²) in [4.78, 5) is 17.4. The molecule has 0 aliphatic heterocycles. The standard InChI is InChI=1S/C10H14N2OS/c1-8(14-3)10(13)12(2)9-5-4-6-11-7-9/h4-8H,1-3H3/t8-/m0/s1. The lowest BCUT2D eigenvalue weighted by molar-refractivity contribution is -0.117. The zero-order valence-electron chi connectivity index (χ0n) is 8.60. The number of carbonyl (C=O) groups excluding carboxylic acids is 1. The van der Waals surface area contributed by atoms with Gasteiger partial charge in [0.25, 0.3) is 0 Å². The molecule has 1 heterocycles. The fourth-order valence-corrected chi connectivity index (χ4v) is 1.41. The maximum Gasteiger partial charge on any atom is 0.239 e. The van der Waals surface area contributed by atoms with E-state index in [0.29, 0.717) is 0 Å². The van der Waals surface area contributed by atoms with Gasteiger partial charge in [-0.1, -0.05) is 0 Å². The Labute approximate surface area is 88.5 Å². The second-order valence-corrected chi connectivity index (χ2v) is 4.16. The Balaban J connectivity index is 2.76. The Morgan fingerprint density at radius 1 is 1.64 bits per heavy atom. The number of rotatable bonds is 3. The fourth-order valence-electron chi connectivity index (χ4n) is 1.05. The van der Waals surface area contributed by atoms with Gasteiger partial charge in [-0.05, 0) is 25.3 Å².